The molecule has 1 amide bonds. The number of hydrogen-bond acceptors (Lipinski definition) is 8. The van der Waals surface area contributed by atoms with Crippen LogP contribution >= 0.6 is 23.1 Å². The second kappa shape index (κ2) is 7.54. The molecule has 10 heteroatoms. The summed E-state index contributed by atoms with van der Waals surface area (Å²) >= 11 is 2.46. The first-order valence-corrected chi connectivity index (χ1v) is 10.9. The van der Waals surface area contributed by atoms with Crippen LogP contribution in [0.3, 0.4) is 0 Å². The highest BCUT2D eigenvalue weighted by molar-refractivity contribution is 8.01. The van der Waals surface area contributed by atoms with Crippen molar-refractivity contribution in [2.45, 2.75) is 16.9 Å². The molecule has 0 bridgehead atoms. The number of benzene rings is 1. The van der Waals surface area contributed by atoms with Gasteiger partial charge in [-0.3, -0.25) is 4.79 Å². The van der Waals surface area contributed by atoms with Crippen molar-refractivity contribution in [1.82, 2.24) is 15.1 Å². The summed E-state index contributed by atoms with van der Waals surface area (Å²) < 4.78 is 24.1. The van der Waals surface area contributed by atoms with Gasteiger partial charge in [0.1, 0.15) is 0 Å². The predicted octanol–water partition coefficient (Wildman–Crippen LogP) is 1.55. The molecule has 0 saturated carbocycles. The SMILES string of the molecule is Nc1nnc(SCC(=O)N(Cc2ccccc2)[C@@H]2C=CS(=O)(=O)C2)s1. The number of carbonyl (C=O) groups excluding carboxylic acids is 1. The number of sulfone groups is 1. The van der Waals surface area contributed by atoms with E-state index in [1.54, 1.807) is 11.0 Å². The fourth-order valence-corrected chi connectivity index (χ4v) is 5.23. The van der Waals surface area contributed by atoms with Crippen molar-refractivity contribution in [3.8, 4) is 0 Å². The van der Waals surface area contributed by atoms with Gasteiger partial charge in [0.05, 0.1) is 17.5 Å². The number of anilines is 1. The minimum Gasteiger partial charge on any atom is -0.374 e. The van der Waals surface area contributed by atoms with E-state index in [-0.39, 0.29) is 17.4 Å². The zero-order valence-corrected chi connectivity index (χ0v) is 15.6. The Kier molecular flexibility index (Phi) is 5.40. The molecule has 1 atom stereocenters. The fraction of sp³-hybridized carbons (Fsp3) is 0.267. The summed E-state index contributed by atoms with van der Waals surface area (Å²) in [6.07, 6.45) is 1.57. The Morgan fingerprint density at radius 2 is 2.08 bits per heavy atom. The summed E-state index contributed by atoms with van der Waals surface area (Å²) in [6, 6.07) is 9.03. The van der Waals surface area contributed by atoms with Crippen LogP contribution in [-0.4, -0.2) is 47.0 Å². The molecule has 2 heterocycles. The third-order valence-electron chi connectivity index (χ3n) is 3.57. The molecule has 0 radical (unpaired) electrons. The van der Waals surface area contributed by atoms with E-state index in [9.17, 15) is 13.2 Å². The summed E-state index contributed by atoms with van der Waals surface area (Å²) in [7, 11) is -3.25. The first-order chi connectivity index (χ1) is 11.9. The van der Waals surface area contributed by atoms with Gasteiger partial charge in [0.2, 0.25) is 11.0 Å². The summed E-state index contributed by atoms with van der Waals surface area (Å²) in [5, 5.41) is 9.12. The van der Waals surface area contributed by atoms with Gasteiger partial charge in [-0.1, -0.05) is 53.4 Å². The van der Waals surface area contributed by atoms with E-state index < -0.39 is 15.9 Å². The standard InChI is InChI=1S/C15H16N4O3S3/c16-14-17-18-15(24-14)23-9-13(20)19(8-11-4-2-1-3-5-11)12-6-7-25(21,22)10-12/h1-7,12H,8-10H2,(H2,16,17)/t12-/m1/s1. The number of thioether (sulfide) groups is 1. The Bertz CT molecular complexity index is 880. The second-order valence-corrected chi connectivity index (χ2v) is 9.59. The molecular formula is C15H16N4O3S3. The molecule has 1 aliphatic heterocycles. The van der Waals surface area contributed by atoms with Gasteiger partial charge in [0.25, 0.3) is 0 Å². The zero-order chi connectivity index (χ0) is 17.9. The highest BCUT2D eigenvalue weighted by Gasteiger charge is 2.30. The Morgan fingerprint density at radius 1 is 1.32 bits per heavy atom. The average molecular weight is 397 g/mol. The topological polar surface area (TPSA) is 106 Å². The molecule has 2 N–H and O–H groups in total. The Hall–Kier alpha value is -1.91. The lowest BCUT2D eigenvalue weighted by Crippen LogP contribution is -2.41. The molecule has 1 aromatic carbocycles. The van der Waals surface area contributed by atoms with Crippen molar-refractivity contribution in [2.75, 3.05) is 17.2 Å². The van der Waals surface area contributed by atoms with Crippen LogP contribution < -0.4 is 5.73 Å². The van der Waals surface area contributed by atoms with Crippen LogP contribution in [0.1, 0.15) is 5.56 Å². The number of hydrogen-bond donors (Lipinski definition) is 1. The molecule has 1 aromatic heterocycles. The minimum absolute atomic E-state index is 0.0814. The van der Waals surface area contributed by atoms with Gasteiger partial charge >= 0.3 is 0 Å². The quantitative estimate of drug-likeness (QED) is 0.738. The Balaban J connectivity index is 1.73. The van der Waals surface area contributed by atoms with Crippen LogP contribution in [0.4, 0.5) is 5.13 Å². The van der Waals surface area contributed by atoms with Crippen LogP contribution in [0, 0.1) is 0 Å². The number of rotatable bonds is 6. The van der Waals surface area contributed by atoms with Crippen molar-refractivity contribution in [1.29, 1.82) is 0 Å². The zero-order valence-electron chi connectivity index (χ0n) is 13.1. The maximum absolute atomic E-state index is 12.7. The van der Waals surface area contributed by atoms with E-state index in [1.807, 2.05) is 30.3 Å². The Labute approximate surface area is 153 Å². The summed E-state index contributed by atoms with van der Waals surface area (Å²) in [4.78, 5) is 14.3. The average Bonchev–Trinajstić information content (AvgIpc) is 3.16. The van der Waals surface area contributed by atoms with Gasteiger partial charge in [-0.05, 0) is 11.6 Å². The predicted molar refractivity (Wildman–Crippen MR) is 98.8 cm³/mol. The summed E-state index contributed by atoms with van der Waals surface area (Å²) in [5.74, 6) is -0.0946. The molecule has 25 heavy (non-hydrogen) atoms. The molecule has 3 rings (SSSR count). The first-order valence-electron chi connectivity index (χ1n) is 7.39. The van der Waals surface area contributed by atoms with E-state index in [0.717, 1.165) is 5.56 Å². The van der Waals surface area contributed by atoms with Gasteiger partial charge in [0, 0.05) is 12.0 Å². The van der Waals surface area contributed by atoms with Crippen molar-refractivity contribution in [3.63, 3.8) is 0 Å². The summed E-state index contributed by atoms with van der Waals surface area (Å²) in [6.45, 7) is 0.350. The molecule has 0 fully saturated rings. The van der Waals surface area contributed by atoms with Crippen LogP contribution in [0.5, 0.6) is 0 Å². The van der Waals surface area contributed by atoms with Gasteiger partial charge in [-0.25, -0.2) is 8.42 Å². The molecular weight excluding hydrogens is 380 g/mol. The van der Waals surface area contributed by atoms with Crippen LogP contribution in [0.25, 0.3) is 0 Å². The highest BCUT2D eigenvalue weighted by atomic mass is 32.2. The largest absolute Gasteiger partial charge is 0.374 e. The lowest BCUT2D eigenvalue weighted by molar-refractivity contribution is -0.130. The van der Waals surface area contributed by atoms with Gasteiger partial charge in [-0.2, -0.15) is 0 Å². The van der Waals surface area contributed by atoms with Crippen molar-refractivity contribution < 1.29 is 13.2 Å². The van der Waals surface area contributed by atoms with E-state index >= 15 is 0 Å². The van der Waals surface area contributed by atoms with Crippen LogP contribution in [0.2, 0.25) is 0 Å². The second-order valence-electron chi connectivity index (χ2n) is 5.43. The highest BCUT2D eigenvalue weighted by Crippen LogP contribution is 2.25. The lowest BCUT2D eigenvalue weighted by Gasteiger charge is -2.27. The van der Waals surface area contributed by atoms with E-state index in [2.05, 4.69) is 10.2 Å². The van der Waals surface area contributed by atoms with E-state index in [0.29, 0.717) is 16.0 Å². The fourth-order valence-electron chi connectivity index (χ4n) is 2.41. The molecule has 0 aliphatic carbocycles. The first kappa shape index (κ1) is 17.9. The lowest BCUT2D eigenvalue weighted by atomic mass is 10.2. The molecule has 7 nitrogen and oxygen atoms in total. The van der Waals surface area contributed by atoms with Crippen molar-refractivity contribution >= 4 is 44.0 Å². The number of nitrogen functional groups attached to an aromatic ring is 1. The number of nitrogens with zero attached hydrogens (tertiary/aromatic N) is 3. The summed E-state index contributed by atoms with van der Waals surface area (Å²) in [5.41, 5.74) is 6.48. The minimum atomic E-state index is -3.25. The number of carbonyl (C=O) groups is 1. The maximum Gasteiger partial charge on any atom is 0.233 e. The molecule has 0 spiro atoms. The third kappa shape index (κ3) is 4.80. The number of aromatic nitrogens is 2. The van der Waals surface area contributed by atoms with Gasteiger partial charge < -0.3 is 10.6 Å². The molecule has 1 aliphatic rings. The molecule has 2 aromatic rings. The number of amides is 1. The van der Waals surface area contributed by atoms with Crippen LogP contribution in [0.15, 0.2) is 46.2 Å². The van der Waals surface area contributed by atoms with Gasteiger partial charge in [0.15, 0.2) is 14.2 Å². The molecule has 132 valence electrons. The monoisotopic (exact) mass is 396 g/mol. The normalized spacial score (nSPS) is 18.3. The van der Waals surface area contributed by atoms with Crippen molar-refractivity contribution in [2.24, 2.45) is 0 Å². The van der Waals surface area contributed by atoms with E-state index in [1.165, 1.54) is 28.5 Å². The van der Waals surface area contributed by atoms with E-state index in [4.69, 9.17) is 5.73 Å². The van der Waals surface area contributed by atoms with Crippen molar-refractivity contribution in [3.05, 3.63) is 47.4 Å². The number of nitrogens with two attached hydrogens (primary N) is 1. The third-order valence-corrected chi connectivity index (χ3v) is 6.82. The maximum atomic E-state index is 12.7. The van der Waals surface area contributed by atoms with Crippen LogP contribution in [-0.2, 0) is 21.2 Å². The smallest absolute Gasteiger partial charge is 0.233 e. The Morgan fingerprint density at radius 3 is 2.68 bits per heavy atom. The molecule has 0 saturated heterocycles. The van der Waals surface area contributed by atoms with Gasteiger partial charge in [-0.15, -0.1) is 10.2 Å². The molecule has 0 unspecified atom stereocenters.